The van der Waals surface area contributed by atoms with Crippen LogP contribution in [0.25, 0.3) is 0 Å². The van der Waals surface area contributed by atoms with Crippen molar-refractivity contribution in [3.05, 3.63) is 52.8 Å². The summed E-state index contributed by atoms with van der Waals surface area (Å²) in [4.78, 5) is 14.7. The summed E-state index contributed by atoms with van der Waals surface area (Å²) in [6, 6.07) is 8.35. The van der Waals surface area contributed by atoms with Crippen molar-refractivity contribution >= 4 is 27.3 Å². The van der Waals surface area contributed by atoms with E-state index in [1.165, 1.54) is 26.3 Å². The predicted octanol–water partition coefficient (Wildman–Crippen LogP) is 2.56. The lowest BCUT2D eigenvalue weighted by Crippen LogP contribution is -2.72. The number of hydrogen-bond donors (Lipinski definition) is 1. The summed E-state index contributed by atoms with van der Waals surface area (Å²) in [5.74, 6) is -0.0466. The Labute approximate surface area is 209 Å². The van der Waals surface area contributed by atoms with Gasteiger partial charge in [-0.05, 0) is 38.0 Å². The lowest BCUT2D eigenvalue weighted by atomic mass is 9.92. The van der Waals surface area contributed by atoms with E-state index in [0.29, 0.717) is 41.9 Å². The minimum Gasteiger partial charge on any atom is -0.493 e. The lowest BCUT2D eigenvalue weighted by Gasteiger charge is -2.55. The molecule has 5 rings (SSSR count). The molecule has 1 spiro atoms. The largest absolute Gasteiger partial charge is 0.493 e. The van der Waals surface area contributed by atoms with Gasteiger partial charge in [-0.3, -0.25) is 0 Å². The molecule has 3 aliphatic heterocycles. The number of rotatable bonds is 4. The molecular weight excluding hydrogens is 487 g/mol. The van der Waals surface area contributed by atoms with Crippen molar-refractivity contribution < 1.29 is 27.1 Å². The van der Waals surface area contributed by atoms with Gasteiger partial charge in [-0.25, -0.2) is 22.6 Å². The molecular formula is C25H29FN4O5S. The maximum atomic E-state index is 15.6. The number of nitrogens with one attached hydrogen (secondary N) is 1. The number of carbonyl (C=O) groups is 1. The normalized spacial score (nSPS) is 21.5. The van der Waals surface area contributed by atoms with Crippen LogP contribution in [0.3, 0.4) is 0 Å². The van der Waals surface area contributed by atoms with Crippen molar-refractivity contribution in [2.24, 2.45) is 5.10 Å². The van der Waals surface area contributed by atoms with E-state index in [9.17, 15) is 13.2 Å². The molecule has 2 amide bonds. The van der Waals surface area contributed by atoms with Gasteiger partial charge >= 0.3 is 6.03 Å². The van der Waals surface area contributed by atoms with Gasteiger partial charge in [-0.2, -0.15) is 5.10 Å². The topological polar surface area (TPSA) is 101 Å². The number of urea groups is 1. The molecule has 1 atom stereocenters. The molecule has 2 saturated heterocycles. The SMILES string of the molecule is CNC(=O)N1N=C(c2ccc(N3CC4(CCS4(=O)=O)C3)cc2)c2cc(OC)c(OC)c(F)c2C[C@@H]1C. The van der Waals surface area contributed by atoms with Crippen molar-refractivity contribution in [3.8, 4) is 11.5 Å². The number of ether oxygens (including phenoxy) is 2. The average molecular weight is 517 g/mol. The van der Waals surface area contributed by atoms with Gasteiger partial charge in [0, 0.05) is 42.5 Å². The molecule has 2 aromatic rings. The molecule has 1 N–H and O–H groups in total. The molecule has 0 saturated carbocycles. The third kappa shape index (κ3) is 3.59. The van der Waals surface area contributed by atoms with E-state index in [1.54, 1.807) is 13.0 Å². The summed E-state index contributed by atoms with van der Waals surface area (Å²) in [5, 5.41) is 8.58. The molecule has 0 radical (unpaired) electrons. The summed E-state index contributed by atoms with van der Waals surface area (Å²) in [5.41, 5.74) is 2.90. The van der Waals surface area contributed by atoms with Gasteiger partial charge < -0.3 is 19.7 Å². The molecule has 2 aromatic carbocycles. The van der Waals surface area contributed by atoms with Gasteiger partial charge in [0.15, 0.2) is 27.2 Å². The summed E-state index contributed by atoms with van der Waals surface area (Å²) in [7, 11) is 1.35. The van der Waals surface area contributed by atoms with Crippen molar-refractivity contribution in [2.75, 3.05) is 45.0 Å². The van der Waals surface area contributed by atoms with E-state index in [4.69, 9.17) is 9.47 Å². The molecule has 2 fully saturated rings. The Morgan fingerprint density at radius 1 is 1.19 bits per heavy atom. The van der Waals surface area contributed by atoms with Crippen LogP contribution < -0.4 is 19.7 Å². The van der Waals surface area contributed by atoms with E-state index in [0.717, 1.165) is 5.69 Å². The minimum atomic E-state index is -2.99. The molecule has 9 nitrogen and oxygen atoms in total. The van der Waals surface area contributed by atoms with Crippen LogP contribution in [-0.4, -0.2) is 76.1 Å². The first-order valence-electron chi connectivity index (χ1n) is 11.8. The van der Waals surface area contributed by atoms with Crippen LogP contribution in [0.2, 0.25) is 0 Å². The smallest absolute Gasteiger partial charge is 0.337 e. The number of benzene rings is 2. The highest BCUT2D eigenvalue weighted by Gasteiger charge is 2.59. The number of amides is 2. The first-order valence-corrected chi connectivity index (χ1v) is 13.4. The molecule has 0 aliphatic carbocycles. The summed E-state index contributed by atoms with van der Waals surface area (Å²) >= 11 is 0. The van der Waals surface area contributed by atoms with Crippen LogP contribution in [0.15, 0.2) is 35.4 Å². The number of nitrogens with zero attached hydrogens (tertiary/aromatic N) is 3. The lowest BCUT2D eigenvalue weighted by molar-refractivity contribution is 0.184. The van der Waals surface area contributed by atoms with Gasteiger partial charge in [0.2, 0.25) is 0 Å². The average Bonchev–Trinajstić information content (AvgIpc) is 2.99. The number of hydrazone groups is 1. The van der Waals surface area contributed by atoms with E-state index >= 15 is 4.39 Å². The minimum absolute atomic E-state index is 0.00389. The summed E-state index contributed by atoms with van der Waals surface area (Å²) in [6.45, 7) is 2.78. The molecule has 0 unspecified atom stereocenters. The number of anilines is 1. The van der Waals surface area contributed by atoms with E-state index in [2.05, 4.69) is 10.4 Å². The van der Waals surface area contributed by atoms with Crippen LogP contribution in [0.1, 0.15) is 30.0 Å². The first kappa shape index (κ1) is 24.4. The second-order valence-electron chi connectivity index (χ2n) is 9.51. The van der Waals surface area contributed by atoms with Gasteiger partial charge in [0.1, 0.15) is 4.75 Å². The first-order chi connectivity index (χ1) is 17.1. The third-order valence-corrected chi connectivity index (χ3v) is 9.99. The van der Waals surface area contributed by atoms with Crippen LogP contribution in [0.5, 0.6) is 11.5 Å². The number of fused-ring (bicyclic) bond motifs is 1. The number of hydrogen-bond acceptors (Lipinski definition) is 7. The molecule has 3 aliphatic rings. The highest BCUT2D eigenvalue weighted by molar-refractivity contribution is 7.94. The Morgan fingerprint density at radius 3 is 2.42 bits per heavy atom. The highest BCUT2D eigenvalue weighted by atomic mass is 32.2. The molecule has 0 aromatic heterocycles. The Hall–Kier alpha value is -3.34. The molecule has 192 valence electrons. The van der Waals surface area contributed by atoms with E-state index in [1.807, 2.05) is 29.2 Å². The van der Waals surface area contributed by atoms with Crippen molar-refractivity contribution in [2.45, 2.75) is 30.6 Å². The van der Waals surface area contributed by atoms with E-state index in [-0.39, 0.29) is 23.7 Å². The zero-order valence-corrected chi connectivity index (χ0v) is 21.5. The maximum absolute atomic E-state index is 15.6. The number of halogens is 1. The second kappa shape index (κ2) is 8.65. The fourth-order valence-corrected chi connectivity index (χ4v) is 7.01. The Kier molecular flexibility index (Phi) is 5.85. The Morgan fingerprint density at radius 2 is 1.89 bits per heavy atom. The van der Waals surface area contributed by atoms with Crippen LogP contribution in [0, 0.1) is 5.82 Å². The van der Waals surface area contributed by atoms with Crippen molar-refractivity contribution in [3.63, 3.8) is 0 Å². The zero-order valence-electron chi connectivity index (χ0n) is 20.7. The maximum Gasteiger partial charge on any atom is 0.337 e. The number of methoxy groups -OCH3 is 2. The standard InChI is InChI=1S/C25H29FN4O5S/c1-15-11-18-19(12-20(34-3)23(35-4)21(18)26)22(28-30(15)24(31)27-2)16-5-7-17(8-6-16)29-13-25(14-29)9-10-36(25,32)33/h5-8,12,15H,9-11,13-14H2,1-4H3,(H,27,31)/t15-/m0/s1. The van der Waals surface area contributed by atoms with Crippen LogP contribution in [-0.2, 0) is 16.3 Å². The highest BCUT2D eigenvalue weighted by Crippen LogP contribution is 2.44. The zero-order chi connectivity index (χ0) is 25.8. The Balaban J connectivity index is 1.55. The van der Waals surface area contributed by atoms with Gasteiger partial charge in [-0.15, -0.1) is 0 Å². The van der Waals surface area contributed by atoms with Crippen LogP contribution in [0.4, 0.5) is 14.9 Å². The van der Waals surface area contributed by atoms with Gasteiger partial charge in [0.25, 0.3) is 0 Å². The number of sulfone groups is 1. The van der Waals surface area contributed by atoms with Gasteiger partial charge in [-0.1, -0.05) is 12.1 Å². The van der Waals surface area contributed by atoms with Crippen LogP contribution >= 0.6 is 0 Å². The predicted molar refractivity (Wildman–Crippen MR) is 134 cm³/mol. The quantitative estimate of drug-likeness (QED) is 0.671. The fourth-order valence-electron chi connectivity index (χ4n) is 5.19. The monoisotopic (exact) mass is 516 g/mol. The summed E-state index contributed by atoms with van der Waals surface area (Å²) in [6.07, 6.45) is 0.937. The molecule has 11 heteroatoms. The third-order valence-electron chi connectivity index (χ3n) is 7.46. The molecule has 0 bridgehead atoms. The second-order valence-corrected chi connectivity index (χ2v) is 12.0. The van der Waals surface area contributed by atoms with Crippen molar-refractivity contribution in [1.29, 1.82) is 0 Å². The number of carbonyl (C=O) groups excluding carboxylic acids is 1. The fraction of sp³-hybridized carbons (Fsp3) is 0.440. The van der Waals surface area contributed by atoms with Crippen molar-refractivity contribution in [1.82, 2.24) is 10.3 Å². The molecule has 3 heterocycles. The Bertz CT molecular complexity index is 1350. The summed E-state index contributed by atoms with van der Waals surface area (Å²) < 4.78 is 50.0. The van der Waals surface area contributed by atoms with E-state index < -0.39 is 32.5 Å². The van der Waals surface area contributed by atoms with Gasteiger partial charge in [0.05, 0.1) is 31.7 Å². The molecule has 36 heavy (non-hydrogen) atoms.